The molecule has 20 heavy (non-hydrogen) atoms. The molecule has 0 saturated heterocycles. The van der Waals surface area contributed by atoms with Crippen LogP contribution in [-0.2, 0) is 13.6 Å². The van der Waals surface area contributed by atoms with Crippen molar-refractivity contribution < 1.29 is 0 Å². The summed E-state index contributed by atoms with van der Waals surface area (Å²) in [6.07, 6.45) is 4.89. The van der Waals surface area contributed by atoms with Crippen LogP contribution in [0, 0.1) is 0 Å². The fourth-order valence-corrected chi connectivity index (χ4v) is 1.90. The molecule has 1 aromatic heterocycles. The van der Waals surface area contributed by atoms with E-state index >= 15 is 0 Å². The Morgan fingerprint density at radius 3 is 2.95 bits per heavy atom. The Kier molecular flexibility index (Phi) is 4.76. The molecule has 5 nitrogen and oxygen atoms in total. The van der Waals surface area contributed by atoms with Gasteiger partial charge in [-0.05, 0) is 23.6 Å². The van der Waals surface area contributed by atoms with Crippen molar-refractivity contribution in [3.05, 3.63) is 42.2 Å². The third kappa shape index (κ3) is 3.85. The smallest absolute Gasteiger partial charge is 0.188 e. The summed E-state index contributed by atoms with van der Waals surface area (Å²) in [6.45, 7) is 3.53. The summed E-state index contributed by atoms with van der Waals surface area (Å²) in [5, 5.41) is 7.26. The first kappa shape index (κ1) is 14.1. The number of aliphatic imine (C=N–C) groups is 1. The van der Waals surface area contributed by atoms with E-state index in [1.807, 2.05) is 25.5 Å². The molecule has 1 aromatic carbocycles. The molecule has 5 heteroatoms. The lowest BCUT2D eigenvalue weighted by molar-refractivity contribution is 0.768. The minimum absolute atomic E-state index is 0.499. The third-order valence-corrected chi connectivity index (χ3v) is 2.95. The molecule has 0 atom stereocenters. The molecule has 0 aliphatic heterocycles. The summed E-state index contributed by atoms with van der Waals surface area (Å²) < 4.78 is 1.80. The van der Waals surface area contributed by atoms with E-state index in [1.54, 1.807) is 4.68 Å². The standard InChI is InChI=1S/C15H21N5/c1-3-7-17-15(16)18-9-12-5-4-6-13(8-12)14-10-19-20(2)11-14/h4-6,8,10-11H,3,7,9H2,1-2H3,(H3,16,17,18). The third-order valence-electron chi connectivity index (χ3n) is 2.95. The number of nitrogens with one attached hydrogen (secondary N) is 1. The van der Waals surface area contributed by atoms with Gasteiger partial charge in [-0.2, -0.15) is 5.10 Å². The molecule has 106 valence electrons. The lowest BCUT2D eigenvalue weighted by Crippen LogP contribution is -2.32. The van der Waals surface area contributed by atoms with Crippen molar-refractivity contribution in [2.24, 2.45) is 17.8 Å². The monoisotopic (exact) mass is 271 g/mol. The maximum Gasteiger partial charge on any atom is 0.188 e. The summed E-state index contributed by atoms with van der Waals surface area (Å²) in [5.74, 6) is 0.499. The van der Waals surface area contributed by atoms with Gasteiger partial charge in [0.25, 0.3) is 0 Å². The molecule has 3 N–H and O–H groups in total. The van der Waals surface area contributed by atoms with Crippen LogP contribution in [0.25, 0.3) is 11.1 Å². The summed E-state index contributed by atoms with van der Waals surface area (Å²) in [6, 6.07) is 8.27. The van der Waals surface area contributed by atoms with Gasteiger partial charge in [0.05, 0.1) is 12.7 Å². The minimum Gasteiger partial charge on any atom is -0.370 e. The second-order valence-electron chi connectivity index (χ2n) is 4.73. The highest BCUT2D eigenvalue weighted by Gasteiger charge is 2.01. The van der Waals surface area contributed by atoms with Gasteiger partial charge in [0.15, 0.2) is 5.96 Å². The Morgan fingerprint density at radius 2 is 2.25 bits per heavy atom. The van der Waals surface area contributed by atoms with Gasteiger partial charge in [-0.1, -0.05) is 25.1 Å². The molecule has 2 aromatic rings. The second kappa shape index (κ2) is 6.75. The van der Waals surface area contributed by atoms with E-state index in [9.17, 15) is 0 Å². The van der Waals surface area contributed by atoms with Crippen molar-refractivity contribution in [2.45, 2.75) is 19.9 Å². The molecular weight excluding hydrogens is 250 g/mol. The Balaban J connectivity index is 2.06. The Morgan fingerprint density at radius 1 is 1.40 bits per heavy atom. The van der Waals surface area contributed by atoms with Crippen LogP contribution < -0.4 is 11.1 Å². The predicted octanol–water partition coefficient (Wildman–Crippen LogP) is 1.90. The van der Waals surface area contributed by atoms with E-state index in [-0.39, 0.29) is 0 Å². The van der Waals surface area contributed by atoms with Crippen molar-refractivity contribution in [3.63, 3.8) is 0 Å². The van der Waals surface area contributed by atoms with Gasteiger partial charge in [-0.25, -0.2) is 4.99 Å². The maximum atomic E-state index is 5.79. The molecular formula is C15H21N5. The van der Waals surface area contributed by atoms with Gasteiger partial charge in [0.1, 0.15) is 0 Å². The summed E-state index contributed by atoms with van der Waals surface area (Å²) in [7, 11) is 1.91. The first-order valence-corrected chi connectivity index (χ1v) is 6.81. The molecule has 0 unspecified atom stereocenters. The Bertz CT molecular complexity index is 585. The van der Waals surface area contributed by atoms with E-state index in [2.05, 4.69) is 40.5 Å². The van der Waals surface area contributed by atoms with Crippen LogP contribution in [0.5, 0.6) is 0 Å². The first-order chi connectivity index (χ1) is 9.69. The number of guanidine groups is 1. The van der Waals surface area contributed by atoms with Crippen LogP contribution in [0.3, 0.4) is 0 Å². The quantitative estimate of drug-likeness (QED) is 0.644. The Hall–Kier alpha value is -2.30. The van der Waals surface area contributed by atoms with Crippen LogP contribution in [0.15, 0.2) is 41.7 Å². The van der Waals surface area contributed by atoms with E-state index in [0.717, 1.165) is 29.7 Å². The van der Waals surface area contributed by atoms with Gasteiger partial charge in [0.2, 0.25) is 0 Å². The number of hydrogen-bond donors (Lipinski definition) is 2. The zero-order valence-corrected chi connectivity index (χ0v) is 12.0. The normalized spacial score (nSPS) is 11.6. The number of aromatic nitrogens is 2. The number of hydrogen-bond acceptors (Lipinski definition) is 2. The number of nitrogens with zero attached hydrogens (tertiary/aromatic N) is 3. The average Bonchev–Trinajstić information content (AvgIpc) is 2.90. The van der Waals surface area contributed by atoms with Gasteiger partial charge in [0, 0.05) is 25.4 Å². The van der Waals surface area contributed by atoms with Crippen LogP contribution in [-0.4, -0.2) is 22.3 Å². The fourth-order valence-electron chi connectivity index (χ4n) is 1.90. The predicted molar refractivity (Wildman–Crippen MR) is 82.3 cm³/mol. The lowest BCUT2D eigenvalue weighted by atomic mass is 10.1. The van der Waals surface area contributed by atoms with Gasteiger partial charge in [-0.15, -0.1) is 0 Å². The van der Waals surface area contributed by atoms with Crippen LogP contribution in [0.4, 0.5) is 0 Å². The van der Waals surface area contributed by atoms with E-state index in [4.69, 9.17) is 5.73 Å². The van der Waals surface area contributed by atoms with Crippen LogP contribution in [0.1, 0.15) is 18.9 Å². The number of nitrogens with two attached hydrogens (primary N) is 1. The molecule has 0 spiro atoms. The SMILES string of the molecule is CCCNC(N)=NCc1cccc(-c2cnn(C)c2)c1. The van der Waals surface area contributed by atoms with E-state index in [0.29, 0.717) is 12.5 Å². The molecule has 0 saturated carbocycles. The van der Waals surface area contributed by atoms with Crippen LogP contribution in [0.2, 0.25) is 0 Å². The van der Waals surface area contributed by atoms with Crippen molar-refractivity contribution in [1.29, 1.82) is 0 Å². The van der Waals surface area contributed by atoms with E-state index in [1.165, 1.54) is 0 Å². The molecule has 1 heterocycles. The first-order valence-electron chi connectivity index (χ1n) is 6.81. The zero-order valence-electron chi connectivity index (χ0n) is 12.0. The number of benzene rings is 1. The molecule has 0 aliphatic carbocycles. The zero-order chi connectivity index (χ0) is 14.4. The highest BCUT2D eigenvalue weighted by Crippen LogP contribution is 2.19. The summed E-state index contributed by atoms with van der Waals surface area (Å²) >= 11 is 0. The molecule has 0 aliphatic rings. The fraction of sp³-hybridized carbons (Fsp3) is 0.333. The maximum absolute atomic E-state index is 5.79. The Labute approximate surface area is 119 Å². The van der Waals surface area contributed by atoms with Gasteiger partial charge < -0.3 is 11.1 Å². The minimum atomic E-state index is 0.499. The lowest BCUT2D eigenvalue weighted by Gasteiger charge is -2.04. The molecule has 0 bridgehead atoms. The van der Waals surface area contributed by atoms with Gasteiger partial charge >= 0.3 is 0 Å². The molecule has 0 fully saturated rings. The van der Waals surface area contributed by atoms with E-state index < -0.39 is 0 Å². The van der Waals surface area contributed by atoms with Crippen molar-refractivity contribution in [1.82, 2.24) is 15.1 Å². The average molecular weight is 271 g/mol. The number of aryl methyl sites for hydroxylation is 1. The second-order valence-corrected chi connectivity index (χ2v) is 4.73. The van der Waals surface area contributed by atoms with Crippen molar-refractivity contribution >= 4 is 5.96 Å². The topological polar surface area (TPSA) is 68.2 Å². The largest absolute Gasteiger partial charge is 0.370 e. The number of rotatable bonds is 5. The highest BCUT2D eigenvalue weighted by atomic mass is 15.2. The van der Waals surface area contributed by atoms with Crippen molar-refractivity contribution in [2.75, 3.05) is 6.54 Å². The van der Waals surface area contributed by atoms with Crippen LogP contribution >= 0.6 is 0 Å². The highest BCUT2D eigenvalue weighted by molar-refractivity contribution is 5.77. The molecule has 2 rings (SSSR count). The molecule has 0 amide bonds. The molecule has 0 radical (unpaired) electrons. The summed E-state index contributed by atoms with van der Waals surface area (Å²) in [4.78, 5) is 4.33. The summed E-state index contributed by atoms with van der Waals surface area (Å²) in [5.41, 5.74) is 9.17. The van der Waals surface area contributed by atoms with Crippen molar-refractivity contribution in [3.8, 4) is 11.1 Å². The van der Waals surface area contributed by atoms with Gasteiger partial charge in [-0.3, -0.25) is 4.68 Å².